The zero-order chi connectivity index (χ0) is 35.2. The molecule has 0 amide bonds. The average Bonchev–Trinajstić information content (AvgIpc) is 3.07. The van der Waals surface area contributed by atoms with E-state index in [1.54, 1.807) is 12.1 Å². The second-order valence-corrected chi connectivity index (χ2v) is 13.8. The molecule has 1 aliphatic heterocycles. The summed E-state index contributed by atoms with van der Waals surface area (Å²) >= 11 is 0. The molecule has 0 spiro atoms. The Balaban J connectivity index is 1.31. The van der Waals surface area contributed by atoms with E-state index < -0.39 is 6.10 Å². The predicted molar refractivity (Wildman–Crippen MR) is 202 cm³/mol. The molecule has 266 valence electrons. The lowest BCUT2D eigenvalue weighted by atomic mass is 10.00. The molecule has 0 fully saturated rings. The van der Waals surface area contributed by atoms with Gasteiger partial charge in [0.25, 0.3) is 0 Å². The van der Waals surface area contributed by atoms with Gasteiger partial charge in [-0.25, -0.2) is 9.98 Å². The van der Waals surface area contributed by atoms with Gasteiger partial charge in [-0.05, 0) is 62.9 Å². The maximum absolute atomic E-state index is 11.2. The Morgan fingerprint density at radius 2 is 1.35 bits per heavy atom. The summed E-state index contributed by atoms with van der Waals surface area (Å²) in [5, 5.41) is 21.7. The van der Waals surface area contributed by atoms with Gasteiger partial charge in [-0.2, -0.15) is 0 Å². The topological polar surface area (TPSA) is 86.9 Å². The van der Waals surface area contributed by atoms with Crippen molar-refractivity contribution in [2.24, 2.45) is 9.98 Å². The molecule has 2 unspecified atom stereocenters. The Kier molecular flexibility index (Phi) is 15.2. The fourth-order valence-corrected chi connectivity index (χ4v) is 6.48. The van der Waals surface area contributed by atoms with Gasteiger partial charge in [0.2, 0.25) is 0 Å². The minimum Gasteiger partial charge on any atom is -0.507 e. The van der Waals surface area contributed by atoms with Crippen LogP contribution in [-0.2, 0) is 4.74 Å². The van der Waals surface area contributed by atoms with Crippen LogP contribution < -0.4 is 4.74 Å². The number of aliphatic hydroxyl groups excluding tert-OH is 1. The van der Waals surface area contributed by atoms with Crippen molar-refractivity contribution in [2.45, 2.75) is 118 Å². The van der Waals surface area contributed by atoms with Crippen molar-refractivity contribution in [1.82, 2.24) is 4.90 Å². The highest BCUT2D eigenvalue weighted by Gasteiger charge is 2.29. The number of nitrogens with zero attached hydrogens (tertiary/aromatic N) is 3. The third-order valence-electron chi connectivity index (χ3n) is 9.34. The summed E-state index contributed by atoms with van der Waals surface area (Å²) in [6, 6.07) is 17.9. The Morgan fingerprint density at radius 3 is 1.98 bits per heavy atom. The molecule has 3 aromatic rings. The van der Waals surface area contributed by atoms with Crippen molar-refractivity contribution in [1.29, 1.82) is 0 Å². The van der Waals surface area contributed by atoms with E-state index in [1.165, 1.54) is 68.9 Å². The van der Waals surface area contributed by atoms with Crippen LogP contribution in [0.4, 0.5) is 0 Å². The lowest BCUT2D eigenvalue weighted by Gasteiger charge is -2.33. The molecule has 1 aliphatic rings. The van der Waals surface area contributed by atoms with Gasteiger partial charge in [-0.3, -0.25) is 0 Å². The minimum absolute atomic E-state index is 0.0478. The molecule has 0 radical (unpaired) electrons. The zero-order valence-electron chi connectivity index (χ0n) is 30.8. The van der Waals surface area contributed by atoms with Gasteiger partial charge in [0.1, 0.15) is 30.0 Å². The number of aliphatic imine (C=N–C) groups is 2. The van der Waals surface area contributed by atoms with E-state index in [0.717, 1.165) is 35.1 Å². The van der Waals surface area contributed by atoms with E-state index >= 15 is 0 Å². The molecule has 2 atom stereocenters. The fourth-order valence-electron chi connectivity index (χ4n) is 6.48. The van der Waals surface area contributed by atoms with Gasteiger partial charge in [0.15, 0.2) is 12.0 Å². The van der Waals surface area contributed by atoms with Crippen molar-refractivity contribution in [3.05, 3.63) is 93.5 Å². The predicted octanol–water partition coefficient (Wildman–Crippen LogP) is 9.53. The first-order valence-corrected chi connectivity index (χ1v) is 18.4. The maximum atomic E-state index is 11.2. The van der Waals surface area contributed by atoms with Gasteiger partial charge in [0.05, 0.1) is 12.2 Å². The van der Waals surface area contributed by atoms with Crippen LogP contribution in [0.3, 0.4) is 0 Å². The Bertz CT molecular complexity index is 1550. The van der Waals surface area contributed by atoms with Crippen molar-refractivity contribution in [3.63, 3.8) is 0 Å². The molecule has 0 saturated heterocycles. The van der Waals surface area contributed by atoms with Crippen molar-refractivity contribution in [2.75, 3.05) is 26.9 Å². The van der Waals surface area contributed by atoms with Crippen LogP contribution in [0.15, 0.2) is 64.6 Å². The molecule has 0 aromatic heterocycles. The van der Waals surface area contributed by atoms with E-state index in [9.17, 15) is 10.2 Å². The molecule has 1 heterocycles. The Morgan fingerprint density at radius 1 is 0.735 bits per heavy atom. The molecule has 7 heteroatoms. The third kappa shape index (κ3) is 11.4. The third-order valence-corrected chi connectivity index (χ3v) is 9.34. The lowest BCUT2D eigenvalue weighted by Crippen LogP contribution is -2.36. The van der Waals surface area contributed by atoms with E-state index in [1.807, 2.05) is 18.0 Å². The zero-order valence-corrected chi connectivity index (χ0v) is 30.8. The summed E-state index contributed by atoms with van der Waals surface area (Å²) < 4.78 is 11.6. The first-order chi connectivity index (χ1) is 23.7. The van der Waals surface area contributed by atoms with E-state index in [2.05, 4.69) is 71.0 Å². The largest absolute Gasteiger partial charge is 0.507 e. The summed E-state index contributed by atoms with van der Waals surface area (Å²) in [7, 11) is 1.96. The molecule has 3 aromatic carbocycles. The highest BCUT2D eigenvalue weighted by Crippen LogP contribution is 2.34. The maximum Gasteiger partial charge on any atom is 0.159 e. The lowest BCUT2D eigenvalue weighted by molar-refractivity contribution is 0.0109. The first-order valence-electron chi connectivity index (χ1n) is 18.4. The number of amidine groups is 2. The van der Waals surface area contributed by atoms with Crippen LogP contribution in [-0.4, -0.2) is 59.8 Å². The Hall–Kier alpha value is -3.68. The SMILES string of the molecule is CCCCCCCCCCCCCOCC(O)COc1ccc(C2=NC(c3ccc(C)cc3C)=NC(c3ccc(C)cc3C)N2C)c(O)c1. The van der Waals surface area contributed by atoms with E-state index in [4.69, 9.17) is 19.5 Å². The van der Waals surface area contributed by atoms with Crippen LogP contribution in [0.25, 0.3) is 0 Å². The van der Waals surface area contributed by atoms with Crippen LogP contribution >= 0.6 is 0 Å². The normalized spacial score (nSPS) is 15.2. The number of unbranched alkanes of at least 4 members (excludes halogenated alkanes) is 10. The van der Waals surface area contributed by atoms with Crippen molar-refractivity contribution < 1.29 is 19.7 Å². The number of phenolic OH excluding ortho intramolecular Hbond substituents is 1. The first kappa shape index (κ1) is 38.1. The Labute approximate surface area is 295 Å². The van der Waals surface area contributed by atoms with Gasteiger partial charge in [-0.15, -0.1) is 0 Å². The fraction of sp³-hybridized carbons (Fsp3) is 0.524. The molecule has 0 saturated carbocycles. The summed E-state index contributed by atoms with van der Waals surface area (Å²) in [6.07, 6.45) is 13.2. The van der Waals surface area contributed by atoms with Gasteiger partial charge in [-0.1, -0.05) is 119 Å². The summed E-state index contributed by atoms with van der Waals surface area (Å²) in [5.41, 5.74) is 7.25. The highest BCUT2D eigenvalue weighted by molar-refractivity contribution is 6.14. The molecule has 4 rings (SSSR count). The number of hydrogen-bond donors (Lipinski definition) is 2. The number of aliphatic hydroxyl groups is 1. The van der Waals surface area contributed by atoms with Crippen LogP contribution in [0, 0.1) is 27.7 Å². The molecule has 49 heavy (non-hydrogen) atoms. The highest BCUT2D eigenvalue weighted by atomic mass is 16.5. The minimum atomic E-state index is -0.751. The number of hydrogen-bond acceptors (Lipinski definition) is 7. The van der Waals surface area contributed by atoms with Crippen molar-refractivity contribution in [3.8, 4) is 11.5 Å². The molecule has 0 bridgehead atoms. The number of ether oxygens (including phenoxy) is 2. The van der Waals surface area contributed by atoms with E-state index in [0.29, 0.717) is 29.6 Å². The van der Waals surface area contributed by atoms with E-state index in [-0.39, 0.29) is 25.1 Å². The monoisotopic (exact) mass is 669 g/mol. The molecule has 7 nitrogen and oxygen atoms in total. The number of aromatic hydroxyl groups is 1. The van der Waals surface area contributed by atoms with Gasteiger partial charge < -0.3 is 24.6 Å². The van der Waals surface area contributed by atoms with Crippen LogP contribution in [0.2, 0.25) is 0 Å². The second-order valence-electron chi connectivity index (χ2n) is 13.8. The number of aryl methyl sites for hydroxylation is 4. The summed E-state index contributed by atoms with van der Waals surface area (Å²) in [6.45, 7) is 11.6. The molecule has 0 aliphatic carbocycles. The second kappa shape index (κ2) is 19.5. The number of rotatable bonds is 20. The van der Waals surface area contributed by atoms with Crippen LogP contribution in [0.5, 0.6) is 11.5 Å². The summed E-state index contributed by atoms with van der Waals surface area (Å²) in [5.74, 6) is 1.77. The average molecular weight is 670 g/mol. The van der Waals surface area contributed by atoms with Gasteiger partial charge in [0, 0.05) is 25.3 Å². The quantitative estimate of drug-likeness (QED) is 0.117. The smallest absolute Gasteiger partial charge is 0.159 e. The number of benzene rings is 3. The number of phenols is 1. The standard InChI is InChI=1S/C42H59N3O4/c1-7-8-9-10-11-12-13-14-15-16-17-24-48-28-34(46)29-49-35-20-23-38(39(47)27-35)42-44-40(36-21-18-30(2)25-32(36)4)43-41(45(42)6)37-22-19-31(3)26-33(37)5/h18-23,25-27,34,41,46-47H,7-17,24,28-29H2,1-6H3. The molecular formula is C42H59N3O4. The molecule has 2 N–H and O–H groups in total. The van der Waals surface area contributed by atoms with Gasteiger partial charge >= 0.3 is 0 Å². The molecular weight excluding hydrogens is 610 g/mol. The van der Waals surface area contributed by atoms with Crippen LogP contribution in [0.1, 0.15) is 123 Å². The van der Waals surface area contributed by atoms with Crippen molar-refractivity contribution >= 4 is 11.7 Å². The summed E-state index contributed by atoms with van der Waals surface area (Å²) in [4.78, 5) is 12.1.